The van der Waals surface area contributed by atoms with Crippen LogP contribution in [0.1, 0.15) is 0 Å². The first-order valence-electron chi connectivity index (χ1n) is 5.57. The molecule has 0 aliphatic rings. The molecule has 2 heterocycles. The van der Waals surface area contributed by atoms with Gasteiger partial charge in [-0.2, -0.15) is 0 Å². The molecular formula is C14H11N3O. The zero-order valence-electron chi connectivity index (χ0n) is 9.58. The first-order chi connectivity index (χ1) is 8.84. The summed E-state index contributed by atoms with van der Waals surface area (Å²) < 4.78 is 5.33. The topological polar surface area (TPSA) is 64.9 Å². The summed E-state index contributed by atoms with van der Waals surface area (Å²) in [6.45, 7) is 0. The summed E-state index contributed by atoms with van der Waals surface area (Å²) in [7, 11) is 0. The SMILES string of the molecule is Nc1ncccc1-c1cc(-c2ccccc2)on1. The summed E-state index contributed by atoms with van der Waals surface area (Å²) in [5, 5.41) is 4.03. The Morgan fingerprint density at radius 3 is 2.61 bits per heavy atom. The van der Waals surface area contributed by atoms with Crippen LogP contribution in [-0.4, -0.2) is 10.1 Å². The van der Waals surface area contributed by atoms with Gasteiger partial charge in [-0.15, -0.1) is 0 Å². The summed E-state index contributed by atoms with van der Waals surface area (Å²) in [5.74, 6) is 1.17. The van der Waals surface area contributed by atoms with E-state index in [4.69, 9.17) is 10.3 Å². The van der Waals surface area contributed by atoms with Gasteiger partial charge in [0.05, 0.1) is 0 Å². The molecule has 0 unspecified atom stereocenters. The molecule has 18 heavy (non-hydrogen) atoms. The monoisotopic (exact) mass is 237 g/mol. The van der Waals surface area contributed by atoms with Crippen molar-refractivity contribution in [1.29, 1.82) is 0 Å². The van der Waals surface area contributed by atoms with Crippen molar-refractivity contribution in [2.45, 2.75) is 0 Å². The van der Waals surface area contributed by atoms with Crippen molar-refractivity contribution in [2.24, 2.45) is 0 Å². The maximum absolute atomic E-state index is 5.81. The molecule has 0 atom stereocenters. The molecule has 2 aromatic heterocycles. The Morgan fingerprint density at radius 2 is 1.83 bits per heavy atom. The number of benzene rings is 1. The number of pyridine rings is 1. The van der Waals surface area contributed by atoms with Gasteiger partial charge in [-0.1, -0.05) is 35.5 Å². The second-order valence-electron chi connectivity index (χ2n) is 3.88. The third kappa shape index (κ3) is 1.84. The van der Waals surface area contributed by atoms with Crippen LogP contribution in [0.4, 0.5) is 5.82 Å². The van der Waals surface area contributed by atoms with E-state index in [9.17, 15) is 0 Å². The van der Waals surface area contributed by atoms with E-state index in [0.29, 0.717) is 17.3 Å². The molecule has 0 radical (unpaired) electrons. The molecule has 0 amide bonds. The van der Waals surface area contributed by atoms with Crippen molar-refractivity contribution in [3.8, 4) is 22.6 Å². The Morgan fingerprint density at radius 1 is 1.00 bits per heavy atom. The number of nitrogens with two attached hydrogens (primary N) is 1. The molecule has 0 spiro atoms. The zero-order valence-corrected chi connectivity index (χ0v) is 9.58. The normalized spacial score (nSPS) is 10.4. The van der Waals surface area contributed by atoms with Crippen LogP contribution in [0.5, 0.6) is 0 Å². The fourth-order valence-corrected chi connectivity index (χ4v) is 1.77. The highest BCUT2D eigenvalue weighted by molar-refractivity contribution is 5.73. The van der Waals surface area contributed by atoms with E-state index in [1.54, 1.807) is 6.20 Å². The molecule has 88 valence electrons. The lowest BCUT2D eigenvalue weighted by molar-refractivity contribution is 0.435. The Labute approximate surface area is 104 Å². The van der Waals surface area contributed by atoms with Crippen LogP contribution < -0.4 is 5.73 Å². The van der Waals surface area contributed by atoms with Crippen molar-refractivity contribution >= 4 is 5.82 Å². The van der Waals surface area contributed by atoms with Crippen molar-refractivity contribution in [1.82, 2.24) is 10.1 Å². The molecule has 0 fully saturated rings. The lowest BCUT2D eigenvalue weighted by Crippen LogP contribution is -1.92. The predicted molar refractivity (Wildman–Crippen MR) is 69.6 cm³/mol. The van der Waals surface area contributed by atoms with Crippen LogP contribution in [0, 0.1) is 0 Å². The minimum absolute atomic E-state index is 0.449. The van der Waals surface area contributed by atoms with E-state index in [2.05, 4.69) is 10.1 Å². The number of rotatable bonds is 2. The first-order valence-corrected chi connectivity index (χ1v) is 5.57. The summed E-state index contributed by atoms with van der Waals surface area (Å²) >= 11 is 0. The van der Waals surface area contributed by atoms with Gasteiger partial charge in [-0.3, -0.25) is 0 Å². The number of hydrogen-bond acceptors (Lipinski definition) is 4. The minimum atomic E-state index is 0.449. The van der Waals surface area contributed by atoms with E-state index in [1.807, 2.05) is 48.5 Å². The average Bonchev–Trinajstić information content (AvgIpc) is 2.90. The standard InChI is InChI=1S/C14H11N3O/c15-14-11(7-4-8-16-14)12-9-13(18-17-12)10-5-2-1-3-6-10/h1-9H,(H2,15,16). The van der Waals surface area contributed by atoms with Crippen LogP contribution in [-0.2, 0) is 0 Å². The van der Waals surface area contributed by atoms with E-state index in [0.717, 1.165) is 11.1 Å². The zero-order chi connectivity index (χ0) is 12.4. The molecule has 2 N–H and O–H groups in total. The Balaban J connectivity index is 2.03. The summed E-state index contributed by atoms with van der Waals surface area (Å²) in [4.78, 5) is 4.03. The summed E-state index contributed by atoms with van der Waals surface area (Å²) in [6, 6.07) is 15.4. The van der Waals surface area contributed by atoms with Gasteiger partial charge < -0.3 is 10.3 Å². The highest BCUT2D eigenvalue weighted by Gasteiger charge is 2.10. The van der Waals surface area contributed by atoms with Gasteiger partial charge in [-0.05, 0) is 12.1 Å². The minimum Gasteiger partial charge on any atom is -0.383 e. The van der Waals surface area contributed by atoms with Crippen LogP contribution in [0.15, 0.2) is 59.3 Å². The van der Waals surface area contributed by atoms with E-state index in [1.165, 1.54) is 0 Å². The van der Waals surface area contributed by atoms with Crippen LogP contribution in [0.3, 0.4) is 0 Å². The largest absolute Gasteiger partial charge is 0.383 e. The van der Waals surface area contributed by atoms with Crippen LogP contribution in [0.2, 0.25) is 0 Å². The maximum atomic E-state index is 5.81. The fraction of sp³-hybridized carbons (Fsp3) is 0. The lowest BCUT2D eigenvalue weighted by Gasteiger charge is -1.97. The lowest BCUT2D eigenvalue weighted by atomic mass is 10.1. The van der Waals surface area contributed by atoms with Gasteiger partial charge in [0.2, 0.25) is 0 Å². The Kier molecular flexibility index (Phi) is 2.53. The van der Waals surface area contributed by atoms with Gasteiger partial charge in [0.25, 0.3) is 0 Å². The van der Waals surface area contributed by atoms with Gasteiger partial charge >= 0.3 is 0 Å². The molecule has 0 aliphatic carbocycles. The number of nitrogen functional groups attached to an aromatic ring is 1. The third-order valence-electron chi connectivity index (χ3n) is 2.68. The highest BCUT2D eigenvalue weighted by atomic mass is 16.5. The summed E-state index contributed by atoms with van der Waals surface area (Å²) in [5.41, 5.74) is 8.27. The van der Waals surface area contributed by atoms with E-state index in [-0.39, 0.29) is 0 Å². The molecule has 1 aromatic carbocycles. The second kappa shape index (κ2) is 4.33. The third-order valence-corrected chi connectivity index (χ3v) is 2.68. The van der Waals surface area contributed by atoms with Crippen molar-refractivity contribution in [3.63, 3.8) is 0 Å². The molecule has 3 rings (SSSR count). The van der Waals surface area contributed by atoms with Crippen molar-refractivity contribution in [2.75, 3.05) is 5.73 Å². The van der Waals surface area contributed by atoms with Gasteiger partial charge in [0.1, 0.15) is 11.5 Å². The average molecular weight is 237 g/mol. The first kappa shape index (κ1) is 10.5. The van der Waals surface area contributed by atoms with Gasteiger partial charge in [-0.25, -0.2) is 4.98 Å². The van der Waals surface area contributed by atoms with Crippen molar-refractivity contribution in [3.05, 3.63) is 54.7 Å². The van der Waals surface area contributed by atoms with Crippen LogP contribution >= 0.6 is 0 Å². The van der Waals surface area contributed by atoms with Gasteiger partial charge in [0, 0.05) is 23.4 Å². The predicted octanol–water partition coefficient (Wildman–Crippen LogP) is 2.99. The number of hydrogen-bond donors (Lipinski definition) is 1. The van der Waals surface area contributed by atoms with Crippen molar-refractivity contribution < 1.29 is 4.52 Å². The smallest absolute Gasteiger partial charge is 0.167 e. The molecule has 0 saturated carbocycles. The number of nitrogens with zero attached hydrogens (tertiary/aromatic N) is 2. The van der Waals surface area contributed by atoms with E-state index >= 15 is 0 Å². The number of aromatic nitrogens is 2. The van der Waals surface area contributed by atoms with Gasteiger partial charge in [0.15, 0.2) is 5.76 Å². The summed E-state index contributed by atoms with van der Waals surface area (Å²) in [6.07, 6.45) is 1.65. The Bertz CT molecular complexity index is 662. The molecule has 0 aliphatic heterocycles. The molecule has 0 saturated heterocycles. The molecular weight excluding hydrogens is 226 g/mol. The molecule has 3 aromatic rings. The number of anilines is 1. The molecule has 4 heteroatoms. The maximum Gasteiger partial charge on any atom is 0.167 e. The quantitative estimate of drug-likeness (QED) is 0.744. The fourth-order valence-electron chi connectivity index (χ4n) is 1.77. The Hall–Kier alpha value is -2.62. The molecule has 0 bridgehead atoms. The molecule has 4 nitrogen and oxygen atoms in total. The van der Waals surface area contributed by atoms with Crippen LogP contribution in [0.25, 0.3) is 22.6 Å². The highest BCUT2D eigenvalue weighted by Crippen LogP contribution is 2.27. The van der Waals surface area contributed by atoms with E-state index < -0.39 is 0 Å². The second-order valence-corrected chi connectivity index (χ2v) is 3.88.